The Morgan fingerprint density at radius 1 is 1.11 bits per heavy atom. The van der Waals surface area contributed by atoms with Gasteiger partial charge in [-0.05, 0) is 41.8 Å². The predicted molar refractivity (Wildman–Crippen MR) is 132 cm³/mol. The summed E-state index contributed by atoms with van der Waals surface area (Å²) in [6.45, 7) is 4.05. The standard InChI is InChI=1S/C27H28N4O4/c1-18(32)28-14-23(25-26(33)27(34)31-17-30-25)12-21-8-4-19(5-9-21)2-3-20-6-10-22(11-7-20)13-29-24-15-35-16-24/h4-11,17,23-24,29,33H,12-16H2,1H3,(H,28,32)(H,30,31,34). The lowest BCUT2D eigenvalue weighted by atomic mass is 9.94. The third-order valence-corrected chi connectivity index (χ3v) is 5.82. The molecule has 1 atom stereocenters. The molecule has 3 aromatic rings. The van der Waals surface area contributed by atoms with Crippen LogP contribution in [0.1, 0.15) is 40.8 Å². The summed E-state index contributed by atoms with van der Waals surface area (Å²) < 4.78 is 5.17. The number of nitrogens with one attached hydrogen (secondary N) is 3. The maximum atomic E-state index is 11.8. The Labute approximate surface area is 203 Å². The maximum Gasteiger partial charge on any atom is 0.293 e. The molecule has 4 N–H and O–H groups in total. The van der Waals surface area contributed by atoms with Gasteiger partial charge in [-0.1, -0.05) is 36.1 Å². The summed E-state index contributed by atoms with van der Waals surface area (Å²) in [7, 11) is 0. The third kappa shape index (κ3) is 6.79. The summed E-state index contributed by atoms with van der Waals surface area (Å²) in [5.74, 6) is 5.39. The summed E-state index contributed by atoms with van der Waals surface area (Å²) in [5.41, 5.74) is 3.65. The van der Waals surface area contributed by atoms with Crippen molar-refractivity contribution in [2.24, 2.45) is 0 Å². The van der Waals surface area contributed by atoms with E-state index in [-0.39, 0.29) is 24.1 Å². The van der Waals surface area contributed by atoms with E-state index in [0.717, 1.165) is 36.4 Å². The Hall–Kier alpha value is -3.93. The van der Waals surface area contributed by atoms with E-state index >= 15 is 0 Å². The van der Waals surface area contributed by atoms with Gasteiger partial charge in [-0.25, -0.2) is 4.98 Å². The fourth-order valence-electron chi connectivity index (χ4n) is 3.71. The van der Waals surface area contributed by atoms with Gasteiger partial charge in [0, 0.05) is 37.1 Å². The van der Waals surface area contributed by atoms with E-state index in [1.165, 1.54) is 18.8 Å². The Kier molecular flexibility index (Phi) is 7.93. The maximum absolute atomic E-state index is 11.8. The lowest BCUT2D eigenvalue weighted by Gasteiger charge is -2.26. The number of carbonyl (C=O) groups is 1. The van der Waals surface area contributed by atoms with Gasteiger partial charge in [0.15, 0.2) is 0 Å². The summed E-state index contributed by atoms with van der Waals surface area (Å²) in [4.78, 5) is 29.7. The van der Waals surface area contributed by atoms with E-state index in [1.54, 1.807) is 0 Å². The Bertz CT molecular complexity index is 1270. The molecule has 0 aliphatic carbocycles. The van der Waals surface area contributed by atoms with Gasteiger partial charge >= 0.3 is 0 Å². The van der Waals surface area contributed by atoms with Crippen LogP contribution in [0.3, 0.4) is 0 Å². The van der Waals surface area contributed by atoms with Crippen molar-refractivity contribution < 1.29 is 14.6 Å². The minimum Gasteiger partial charge on any atom is -0.502 e. The van der Waals surface area contributed by atoms with E-state index in [4.69, 9.17) is 4.74 Å². The average molecular weight is 473 g/mol. The van der Waals surface area contributed by atoms with Gasteiger partial charge in [-0.3, -0.25) is 9.59 Å². The number of aromatic hydroxyl groups is 1. The first kappa shape index (κ1) is 24.2. The fourth-order valence-corrected chi connectivity index (χ4v) is 3.71. The number of hydrogen-bond acceptors (Lipinski definition) is 6. The molecule has 2 aromatic carbocycles. The molecule has 0 radical (unpaired) electrons. The van der Waals surface area contributed by atoms with Crippen molar-refractivity contribution in [1.82, 2.24) is 20.6 Å². The van der Waals surface area contributed by atoms with E-state index in [0.29, 0.717) is 12.5 Å². The first-order valence-electron chi connectivity index (χ1n) is 11.5. The normalized spacial score (nSPS) is 13.9. The second-order valence-corrected chi connectivity index (χ2v) is 8.56. The van der Waals surface area contributed by atoms with Crippen LogP contribution < -0.4 is 16.2 Å². The van der Waals surface area contributed by atoms with Gasteiger partial charge in [0.05, 0.1) is 31.3 Å². The van der Waals surface area contributed by atoms with E-state index in [9.17, 15) is 14.7 Å². The highest BCUT2D eigenvalue weighted by Gasteiger charge is 2.20. The molecular weight excluding hydrogens is 444 g/mol. The molecule has 8 heteroatoms. The molecular formula is C27H28N4O4. The first-order valence-corrected chi connectivity index (χ1v) is 11.5. The van der Waals surface area contributed by atoms with Gasteiger partial charge in [0.2, 0.25) is 11.7 Å². The van der Waals surface area contributed by atoms with E-state index in [2.05, 4.69) is 44.6 Å². The quantitative estimate of drug-likeness (QED) is 0.372. The van der Waals surface area contributed by atoms with E-state index < -0.39 is 11.3 Å². The Balaban J connectivity index is 1.40. The highest BCUT2D eigenvalue weighted by Crippen LogP contribution is 2.23. The van der Waals surface area contributed by atoms with Crippen LogP contribution in [-0.2, 0) is 22.5 Å². The summed E-state index contributed by atoms with van der Waals surface area (Å²) in [5, 5.41) is 16.4. The Morgan fingerprint density at radius 3 is 2.31 bits per heavy atom. The minimum atomic E-state index is -0.606. The van der Waals surface area contributed by atoms with Crippen LogP contribution >= 0.6 is 0 Å². The number of carbonyl (C=O) groups excluding carboxylic acids is 1. The molecule has 1 saturated heterocycles. The van der Waals surface area contributed by atoms with Gasteiger partial charge in [0.25, 0.3) is 5.56 Å². The molecule has 8 nitrogen and oxygen atoms in total. The lowest BCUT2D eigenvalue weighted by molar-refractivity contribution is -0.119. The smallest absolute Gasteiger partial charge is 0.293 e. The third-order valence-electron chi connectivity index (χ3n) is 5.82. The van der Waals surface area contributed by atoms with Gasteiger partial charge in [0.1, 0.15) is 0 Å². The molecule has 35 heavy (non-hydrogen) atoms. The number of aromatic nitrogens is 2. The summed E-state index contributed by atoms with van der Waals surface area (Å²) >= 11 is 0. The molecule has 0 bridgehead atoms. The number of rotatable bonds is 8. The Morgan fingerprint density at radius 2 is 1.74 bits per heavy atom. The molecule has 4 rings (SSSR count). The molecule has 180 valence electrons. The topological polar surface area (TPSA) is 116 Å². The second-order valence-electron chi connectivity index (χ2n) is 8.56. The van der Waals surface area contributed by atoms with Crippen LogP contribution in [0.2, 0.25) is 0 Å². The van der Waals surface area contributed by atoms with Crippen LogP contribution in [0.25, 0.3) is 0 Å². The average Bonchev–Trinajstić information content (AvgIpc) is 2.83. The van der Waals surface area contributed by atoms with Gasteiger partial charge in [-0.15, -0.1) is 0 Å². The van der Waals surface area contributed by atoms with Crippen molar-refractivity contribution in [2.45, 2.75) is 31.8 Å². The summed E-state index contributed by atoms with van der Waals surface area (Å²) in [6, 6.07) is 16.4. The zero-order chi connectivity index (χ0) is 24.6. The first-order chi connectivity index (χ1) is 17.0. The second kappa shape index (κ2) is 11.5. The number of ether oxygens (including phenoxy) is 1. The minimum absolute atomic E-state index is 0.192. The van der Waals surface area contributed by atoms with Crippen LogP contribution in [-0.4, -0.2) is 46.8 Å². The molecule has 1 aliphatic heterocycles. The monoisotopic (exact) mass is 472 g/mol. The number of nitrogens with zero attached hydrogens (tertiary/aromatic N) is 1. The molecule has 0 saturated carbocycles. The number of H-pyrrole nitrogens is 1. The molecule has 1 amide bonds. The zero-order valence-electron chi connectivity index (χ0n) is 19.5. The molecule has 1 unspecified atom stereocenters. The van der Waals surface area contributed by atoms with Crippen LogP contribution in [0.5, 0.6) is 5.75 Å². The van der Waals surface area contributed by atoms with Crippen molar-refractivity contribution in [2.75, 3.05) is 19.8 Å². The fraction of sp³-hybridized carbons (Fsp3) is 0.296. The SMILES string of the molecule is CC(=O)NCC(Cc1ccc(C#Cc2ccc(CNC3COC3)cc2)cc1)c1nc[nH]c(=O)c1O. The highest BCUT2D eigenvalue weighted by molar-refractivity contribution is 5.72. The number of aromatic amines is 1. The highest BCUT2D eigenvalue weighted by atomic mass is 16.5. The zero-order valence-corrected chi connectivity index (χ0v) is 19.5. The van der Waals surface area contributed by atoms with Crippen LogP contribution in [0, 0.1) is 11.8 Å². The molecule has 1 aliphatic rings. The molecule has 1 aromatic heterocycles. The van der Waals surface area contributed by atoms with Crippen LogP contribution in [0.15, 0.2) is 59.7 Å². The molecule has 2 heterocycles. The number of amides is 1. The van der Waals surface area contributed by atoms with Gasteiger partial charge in [-0.2, -0.15) is 0 Å². The van der Waals surface area contributed by atoms with Crippen LogP contribution in [0.4, 0.5) is 0 Å². The van der Waals surface area contributed by atoms with Crippen molar-refractivity contribution in [1.29, 1.82) is 0 Å². The lowest BCUT2D eigenvalue weighted by Crippen LogP contribution is -2.45. The van der Waals surface area contributed by atoms with Crippen molar-refractivity contribution >= 4 is 5.91 Å². The van der Waals surface area contributed by atoms with Crippen molar-refractivity contribution in [3.8, 4) is 17.6 Å². The number of hydrogen-bond donors (Lipinski definition) is 4. The molecule has 0 spiro atoms. The van der Waals surface area contributed by atoms with Crippen molar-refractivity contribution in [3.05, 3.63) is 93.2 Å². The number of benzene rings is 2. The van der Waals surface area contributed by atoms with Gasteiger partial charge < -0.3 is 25.5 Å². The largest absolute Gasteiger partial charge is 0.502 e. The molecule has 1 fully saturated rings. The predicted octanol–water partition coefficient (Wildman–Crippen LogP) is 1.83. The summed E-state index contributed by atoms with van der Waals surface area (Å²) in [6.07, 6.45) is 1.74. The van der Waals surface area contributed by atoms with Crippen molar-refractivity contribution in [3.63, 3.8) is 0 Å². The van der Waals surface area contributed by atoms with E-state index in [1.807, 2.05) is 36.4 Å².